The van der Waals surface area contributed by atoms with Gasteiger partial charge in [0.25, 0.3) is 5.02 Å². The quantitative estimate of drug-likeness (QED) is 0.294. The van der Waals surface area contributed by atoms with Crippen LogP contribution < -0.4 is 5.43 Å². The van der Waals surface area contributed by atoms with E-state index in [1.165, 1.54) is 0 Å². The lowest BCUT2D eigenvalue weighted by Gasteiger charge is -2.38. The number of hydrazone groups is 1. The monoisotopic (exact) mass is 524 g/mol. The molecule has 1 aromatic carbocycles. The Bertz CT molecular complexity index is 826. The molecule has 0 spiro atoms. The number of Topliss-reactive ketones (excluding diaryl/α,β-unsaturated/α-hetero) is 1. The maximum atomic E-state index is 13.9. The van der Waals surface area contributed by atoms with Crippen molar-refractivity contribution in [1.82, 2.24) is 5.43 Å². The zero-order valence-electron chi connectivity index (χ0n) is 17.4. The molecular weight excluding hydrogens is 498 g/mol. The molecule has 1 aliphatic heterocycles. The molecule has 0 aliphatic carbocycles. The first-order valence-corrected chi connectivity index (χ1v) is 13.5. The average molecular weight is 525 g/mol. The number of benzene rings is 1. The summed E-state index contributed by atoms with van der Waals surface area (Å²) >= 11 is 3.32. The summed E-state index contributed by atoms with van der Waals surface area (Å²) in [6, 6.07) is 6.70. The molecule has 9 nitrogen and oxygen atoms in total. The Labute approximate surface area is 185 Å². The molecule has 1 N–H and O–H groups in total. The van der Waals surface area contributed by atoms with Gasteiger partial charge in [-0.15, -0.1) is 0 Å². The van der Waals surface area contributed by atoms with Crippen LogP contribution in [0.3, 0.4) is 0 Å². The number of carbonyl (C=O) groups is 1. The Morgan fingerprint density at radius 2 is 1.40 bits per heavy atom. The fraction of sp³-hybridized carbons (Fsp3) is 0.556. The lowest BCUT2D eigenvalue weighted by molar-refractivity contribution is 0.106. The molecule has 0 saturated heterocycles. The van der Waals surface area contributed by atoms with E-state index in [0.29, 0.717) is 5.56 Å². The van der Waals surface area contributed by atoms with Crippen molar-refractivity contribution in [2.24, 2.45) is 5.10 Å². The largest absolute Gasteiger partial charge is 0.370 e. The molecule has 2 rings (SSSR count). The molecule has 12 heteroatoms. The van der Waals surface area contributed by atoms with E-state index in [1.54, 1.807) is 52.0 Å². The molecular formula is C18H27BrN2O7P2. The van der Waals surface area contributed by atoms with Crippen molar-refractivity contribution in [2.75, 3.05) is 26.4 Å². The summed E-state index contributed by atoms with van der Waals surface area (Å²) in [4.78, 5) is 13.0. The summed E-state index contributed by atoms with van der Waals surface area (Å²) < 4.78 is 50.5. The molecule has 0 aromatic heterocycles. The first-order valence-electron chi connectivity index (χ1n) is 9.64. The van der Waals surface area contributed by atoms with Crippen LogP contribution in [0.5, 0.6) is 0 Å². The van der Waals surface area contributed by atoms with Gasteiger partial charge < -0.3 is 18.1 Å². The molecule has 0 fully saturated rings. The third kappa shape index (κ3) is 4.80. The molecule has 168 valence electrons. The Hall–Kier alpha value is -0.860. The molecule has 1 heterocycles. The van der Waals surface area contributed by atoms with Crippen LogP contribution in [-0.4, -0.2) is 42.9 Å². The van der Waals surface area contributed by atoms with E-state index in [1.807, 2.05) is 0 Å². The summed E-state index contributed by atoms with van der Waals surface area (Å²) in [6.07, 6.45) is -0.309. The number of hydrogen-bond acceptors (Lipinski definition) is 9. The molecule has 0 bridgehead atoms. The van der Waals surface area contributed by atoms with E-state index in [0.717, 1.165) is 4.47 Å². The summed E-state index contributed by atoms with van der Waals surface area (Å²) in [5.74, 6) is -0.407. The molecule has 0 atom stereocenters. The van der Waals surface area contributed by atoms with Crippen molar-refractivity contribution in [2.45, 2.75) is 39.1 Å². The van der Waals surface area contributed by atoms with Gasteiger partial charge >= 0.3 is 15.2 Å². The van der Waals surface area contributed by atoms with Crippen LogP contribution in [0.2, 0.25) is 0 Å². The Morgan fingerprint density at radius 3 is 1.80 bits per heavy atom. The number of carbonyl (C=O) groups excluding carboxylic acids is 1. The minimum Gasteiger partial charge on any atom is -0.307 e. The maximum absolute atomic E-state index is 13.9. The van der Waals surface area contributed by atoms with Gasteiger partial charge in [-0.2, -0.15) is 5.10 Å². The van der Waals surface area contributed by atoms with Crippen LogP contribution in [0.25, 0.3) is 0 Å². The van der Waals surface area contributed by atoms with E-state index in [-0.39, 0.29) is 38.6 Å². The Balaban J connectivity index is 2.54. The van der Waals surface area contributed by atoms with Crippen molar-refractivity contribution < 1.29 is 32.0 Å². The second-order valence-electron chi connectivity index (χ2n) is 6.17. The van der Waals surface area contributed by atoms with E-state index in [9.17, 15) is 13.9 Å². The number of rotatable bonds is 12. The van der Waals surface area contributed by atoms with Crippen molar-refractivity contribution in [3.05, 3.63) is 34.3 Å². The van der Waals surface area contributed by atoms with E-state index in [4.69, 9.17) is 18.1 Å². The first kappa shape index (κ1) is 25.4. The maximum Gasteiger partial charge on any atom is 0.370 e. The van der Waals surface area contributed by atoms with E-state index < -0.39 is 26.0 Å². The van der Waals surface area contributed by atoms with E-state index in [2.05, 4.69) is 26.5 Å². The highest BCUT2D eigenvalue weighted by Crippen LogP contribution is 2.78. The smallest absolute Gasteiger partial charge is 0.307 e. The zero-order chi connectivity index (χ0) is 22.4. The van der Waals surface area contributed by atoms with Crippen LogP contribution in [0.15, 0.2) is 33.8 Å². The summed E-state index contributed by atoms with van der Waals surface area (Å²) in [5, 5.41) is 2.12. The van der Waals surface area contributed by atoms with E-state index >= 15 is 0 Å². The van der Waals surface area contributed by atoms with Crippen LogP contribution in [0.4, 0.5) is 0 Å². The number of hydrogen-bond donors (Lipinski definition) is 1. The normalized spacial score (nSPS) is 16.2. The summed E-state index contributed by atoms with van der Waals surface area (Å²) in [5.41, 5.74) is 3.03. The molecule has 1 aliphatic rings. The van der Waals surface area contributed by atoms with Crippen LogP contribution in [0.1, 0.15) is 44.5 Å². The molecule has 30 heavy (non-hydrogen) atoms. The van der Waals surface area contributed by atoms with Crippen LogP contribution >= 0.6 is 31.1 Å². The fourth-order valence-electron chi connectivity index (χ4n) is 3.02. The van der Waals surface area contributed by atoms with Gasteiger partial charge in [-0.1, -0.05) is 15.9 Å². The minimum atomic E-state index is -4.15. The van der Waals surface area contributed by atoms with Crippen molar-refractivity contribution in [3.8, 4) is 0 Å². The highest BCUT2D eigenvalue weighted by atomic mass is 79.9. The second-order valence-corrected chi connectivity index (χ2v) is 12.0. The third-order valence-electron chi connectivity index (χ3n) is 4.25. The predicted octanol–water partition coefficient (Wildman–Crippen LogP) is 5.17. The average Bonchev–Trinajstić information content (AvgIpc) is 3.17. The highest BCUT2D eigenvalue weighted by molar-refractivity contribution is 9.10. The third-order valence-corrected chi connectivity index (χ3v) is 11.0. The topological polar surface area (TPSA) is 113 Å². The van der Waals surface area contributed by atoms with Crippen molar-refractivity contribution >= 4 is 42.6 Å². The number of ketones is 1. The number of halogens is 1. The van der Waals surface area contributed by atoms with Gasteiger partial charge in [0.05, 0.1) is 26.4 Å². The van der Waals surface area contributed by atoms with Gasteiger partial charge in [0, 0.05) is 16.5 Å². The Kier molecular flexibility index (Phi) is 9.01. The van der Waals surface area contributed by atoms with Crippen molar-refractivity contribution in [1.29, 1.82) is 0 Å². The highest BCUT2D eigenvalue weighted by Gasteiger charge is 2.68. The van der Waals surface area contributed by atoms with Gasteiger partial charge in [0.2, 0.25) is 5.78 Å². The molecule has 0 unspecified atom stereocenters. The van der Waals surface area contributed by atoms with Gasteiger partial charge in [-0.25, -0.2) is 0 Å². The zero-order valence-corrected chi connectivity index (χ0v) is 20.8. The van der Waals surface area contributed by atoms with Gasteiger partial charge in [0.15, 0.2) is 0 Å². The molecule has 0 saturated carbocycles. The SMILES string of the molecule is CCOP(=O)(OCC)C1(P(=O)(OCC)OCC)CC(C(=O)c2ccc(Br)cc2)=NN1. The minimum absolute atomic E-state index is 0.0228. The fourth-order valence-corrected chi connectivity index (χ4v) is 8.57. The lowest BCUT2D eigenvalue weighted by atomic mass is 10.1. The van der Waals surface area contributed by atoms with Crippen LogP contribution in [0, 0.1) is 0 Å². The van der Waals surface area contributed by atoms with Crippen LogP contribution in [-0.2, 0) is 27.2 Å². The summed E-state index contributed by atoms with van der Waals surface area (Å²) in [6.45, 7) is 6.63. The summed E-state index contributed by atoms with van der Waals surface area (Å²) in [7, 11) is -8.31. The first-order chi connectivity index (χ1) is 14.2. The molecule has 1 aromatic rings. The lowest BCUT2D eigenvalue weighted by Crippen LogP contribution is -2.42. The van der Waals surface area contributed by atoms with Gasteiger partial charge in [-0.05, 0) is 52.0 Å². The number of nitrogens with zero attached hydrogens (tertiary/aromatic N) is 1. The predicted molar refractivity (Wildman–Crippen MR) is 118 cm³/mol. The van der Waals surface area contributed by atoms with Gasteiger partial charge in [0.1, 0.15) is 5.71 Å². The standard InChI is InChI=1S/C18H27BrN2O7P2/c1-5-25-29(23,26-6-2)18(30(24,27-7-3)28-8-4)13-16(20-21-18)17(22)14-9-11-15(19)12-10-14/h9-12,21H,5-8,13H2,1-4H3. The van der Waals surface area contributed by atoms with Crippen molar-refractivity contribution in [3.63, 3.8) is 0 Å². The second kappa shape index (κ2) is 10.6. The molecule has 0 amide bonds. The molecule has 0 radical (unpaired) electrons. The number of nitrogens with one attached hydrogen (secondary N) is 1. The van der Waals surface area contributed by atoms with Gasteiger partial charge in [-0.3, -0.25) is 19.4 Å². The Morgan fingerprint density at radius 1 is 0.967 bits per heavy atom.